The van der Waals surface area contributed by atoms with E-state index in [-0.39, 0.29) is 17.4 Å². The number of esters is 1. The molecule has 0 bridgehead atoms. The van der Waals surface area contributed by atoms with Gasteiger partial charge in [-0.15, -0.1) is 11.8 Å². The summed E-state index contributed by atoms with van der Waals surface area (Å²) < 4.78 is 9.18. The molecule has 1 aliphatic heterocycles. The number of rotatable bonds is 5. The Morgan fingerprint density at radius 3 is 2.57 bits per heavy atom. The molecule has 35 heavy (non-hydrogen) atoms. The quantitative estimate of drug-likeness (QED) is 0.231. The standard InChI is InChI=1S/C25H22I2N2O4S2/c1-12(2)33-24(32)20-13(3)28-25-29(21(20)14-5-7-17(34-4)8-6-14)23(31)19(35-25)10-15-9-16(26)11-18(27)22(15)30/h5-12,21,30H,1-4H3/b19-10-/t21-/m0/s1. The first kappa shape index (κ1) is 26.4. The van der Waals surface area contributed by atoms with Crippen molar-refractivity contribution in [2.75, 3.05) is 6.26 Å². The van der Waals surface area contributed by atoms with Gasteiger partial charge in [0.05, 0.1) is 31.5 Å². The number of allylic oxidation sites excluding steroid dienone is 1. The van der Waals surface area contributed by atoms with E-state index in [0.29, 0.717) is 29.7 Å². The van der Waals surface area contributed by atoms with E-state index in [1.807, 2.05) is 42.7 Å². The fourth-order valence-corrected chi connectivity index (χ4v) is 7.13. The zero-order valence-corrected chi connectivity index (χ0v) is 25.3. The van der Waals surface area contributed by atoms with Crippen LogP contribution in [0.3, 0.4) is 0 Å². The molecule has 6 nitrogen and oxygen atoms in total. The Morgan fingerprint density at radius 1 is 1.26 bits per heavy atom. The van der Waals surface area contributed by atoms with Gasteiger partial charge in [-0.05, 0) is 108 Å². The van der Waals surface area contributed by atoms with Gasteiger partial charge in [-0.2, -0.15) is 0 Å². The Kier molecular flexibility index (Phi) is 8.13. The number of halogens is 2. The normalized spacial score (nSPS) is 15.9. The molecule has 2 aromatic carbocycles. The number of phenols is 1. The lowest BCUT2D eigenvalue weighted by atomic mass is 9.96. The smallest absolute Gasteiger partial charge is 0.338 e. The molecule has 0 aliphatic carbocycles. The molecule has 1 N–H and O–H groups in total. The molecule has 0 unspecified atom stereocenters. The highest BCUT2D eigenvalue weighted by molar-refractivity contribution is 14.1. The third-order valence-corrected chi connectivity index (χ3v) is 8.53. The molecule has 182 valence electrons. The van der Waals surface area contributed by atoms with Crippen LogP contribution < -0.4 is 14.9 Å². The van der Waals surface area contributed by atoms with E-state index < -0.39 is 12.0 Å². The minimum atomic E-state index is -0.666. The van der Waals surface area contributed by atoms with Crippen LogP contribution in [0.2, 0.25) is 0 Å². The summed E-state index contributed by atoms with van der Waals surface area (Å²) in [7, 11) is 0. The summed E-state index contributed by atoms with van der Waals surface area (Å²) in [5.74, 6) is -0.363. The Morgan fingerprint density at radius 2 is 1.94 bits per heavy atom. The zero-order valence-electron chi connectivity index (χ0n) is 19.3. The molecule has 0 saturated carbocycles. The number of carbonyl (C=O) groups excluding carboxylic acids is 1. The minimum Gasteiger partial charge on any atom is -0.506 e. The van der Waals surface area contributed by atoms with E-state index in [0.717, 1.165) is 14.0 Å². The molecule has 0 spiro atoms. The number of thioether (sulfide) groups is 1. The summed E-state index contributed by atoms with van der Waals surface area (Å²) in [5, 5.41) is 10.6. The van der Waals surface area contributed by atoms with Gasteiger partial charge in [-0.1, -0.05) is 23.5 Å². The summed E-state index contributed by atoms with van der Waals surface area (Å²) in [4.78, 5) is 33.1. The molecule has 0 radical (unpaired) electrons. The first-order valence-corrected chi connectivity index (χ1v) is 14.9. The lowest BCUT2D eigenvalue weighted by Gasteiger charge is -2.25. The van der Waals surface area contributed by atoms with Gasteiger partial charge in [-0.3, -0.25) is 9.36 Å². The molecule has 1 aliphatic rings. The van der Waals surface area contributed by atoms with Gasteiger partial charge in [0.15, 0.2) is 4.80 Å². The first-order valence-electron chi connectivity index (χ1n) is 10.7. The molecular formula is C25H22I2N2O4S2. The minimum absolute atomic E-state index is 0.124. The molecule has 1 aromatic heterocycles. The number of ether oxygens (including phenoxy) is 1. The SMILES string of the molecule is CSc1ccc([C@H]2C(C(=O)OC(C)C)=C(C)N=c3s/c(=C\c4cc(I)cc(I)c4O)c(=O)n32)cc1. The van der Waals surface area contributed by atoms with Gasteiger partial charge in [0.1, 0.15) is 5.75 Å². The van der Waals surface area contributed by atoms with Gasteiger partial charge >= 0.3 is 5.97 Å². The van der Waals surface area contributed by atoms with E-state index in [1.165, 1.54) is 11.3 Å². The molecule has 3 aromatic rings. The number of aromatic hydroxyl groups is 1. The Bertz CT molecular complexity index is 1520. The summed E-state index contributed by atoms with van der Waals surface area (Å²) in [6, 6.07) is 10.8. The maximum absolute atomic E-state index is 13.7. The highest BCUT2D eigenvalue weighted by Crippen LogP contribution is 2.32. The lowest BCUT2D eigenvalue weighted by molar-refractivity contribution is -0.143. The fourth-order valence-electron chi connectivity index (χ4n) is 3.80. The number of thiazole rings is 1. The number of carbonyl (C=O) groups is 1. The van der Waals surface area contributed by atoms with Gasteiger partial charge in [-0.25, -0.2) is 9.79 Å². The van der Waals surface area contributed by atoms with Gasteiger partial charge < -0.3 is 9.84 Å². The summed E-state index contributed by atoms with van der Waals surface area (Å²) in [5.41, 5.74) is 1.95. The number of nitrogens with zero attached hydrogens (tertiary/aromatic N) is 2. The number of fused-ring (bicyclic) bond motifs is 1. The number of hydrogen-bond donors (Lipinski definition) is 1. The summed E-state index contributed by atoms with van der Waals surface area (Å²) in [6.45, 7) is 5.35. The number of phenolic OH excluding ortho intramolecular Hbond substituents is 1. The second-order valence-electron chi connectivity index (χ2n) is 8.13. The molecule has 4 rings (SSSR count). The van der Waals surface area contributed by atoms with Gasteiger partial charge in [0.25, 0.3) is 5.56 Å². The van der Waals surface area contributed by atoms with E-state index >= 15 is 0 Å². The highest BCUT2D eigenvalue weighted by Gasteiger charge is 2.33. The molecule has 0 fully saturated rings. The van der Waals surface area contributed by atoms with Crippen LogP contribution in [0.15, 0.2) is 62.4 Å². The third-order valence-electron chi connectivity index (χ3n) is 5.36. The first-order chi connectivity index (χ1) is 16.6. The van der Waals surface area contributed by atoms with Crippen LogP contribution in [0, 0.1) is 7.14 Å². The van der Waals surface area contributed by atoms with E-state index in [9.17, 15) is 14.7 Å². The Labute approximate surface area is 238 Å². The number of hydrogen-bond acceptors (Lipinski definition) is 7. The average molecular weight is 732 g/mol. The van der Waals surface area contributed by atoms with Crippen molar-refractivity contribution in [2.45, 2.75) is 37.8 Å². The van der Waals surface area contributed by atoms with Crippen LogP contribution >= 0.6 is 68.3 Å². The Hall–Kier alpha value is -1.64. The molecule has 0 amide bonds. The maximum atomic E-state index is 13.7. The number of aromatic nitrogens is 1. The van der Waals surface area contributed by atoms with Crippen molar-refractivity contribution in [1.29, 1.82) is 0 Å². The van der Waals surface area contributed by atoms with Crippen molar-refractivity contribution < 1.29 is 14.6 Å². The lowest BCUT2D eigenvalue weighted by Crippen LogP contribution is -2.40. The largest absolute Gasteiger partial charge is 0.506 e. The predicted molar refractivity (Wildman–Crippen MR) is 157 cm³/mol. The van der Waals surface area contributed by atoms with Crippen molar-refractivity contribution in [1.82, 2.24) is 4.57 Å². The summed E-state index contributed by atoms with van der Waals surface area (Å²) in [6.07, 6.45) is 3.37. The molecule has 2 heterocycles. The Balaban J connectivity index is 1.96. The summed E-state index contributed by atoms with van der Waals surface area (Å²) >= 11 is 7.11. The van der Waals surface area contributed by atoms with Crippen LogP contribution in [0.5, 0.6) is 5.75 Å². The second-order valence-corrected chi connectivity index (χ2v) is 12.4. The van der Waals surface area contributed by atoms with Crippen molar-refractivity contribution in [3.8, 4) is 5.75 Å². The van der Waals surface area contributed by atoms with Crippen molar-refractivity contribution in [2.24, 2.45) is 4.99 Å². The van der Waals surface area contributed by atoms with Crippen molar-refractivity contribution >= 4 is 80.3 Å². The maximum Gasteiger partial charge on any atom is 0.338 e. The monoisotopic (exact) mass is 732 g/mol. The topological polar surface area (TPSA) is 80.9 Å². The van der Waals surface area contributed by atoms with Gasteiger partial charge in [0, 0.05) is 14.0 Å². The molecule has 10 heteroatoms. The second kappa shape index (κ2) is 10.8. The van der Waals surface area contributed by atoms with Crippen molar-refractivity contribution in [3.63, 3.8) is 0 Å². The van der Waals surface area contributed by atoms with Gasteiger partial charge in [0.2, 0.25) is 0 Å². The molecule has 0 saturated heterocycles. The van der Waals surface area contributed by atoms with Crippen LogP contribution in [0.4, 0.5) is 0 Å². The number of benzene rings is 2. The van der Waals surface area contributed by atoms with E-state index in [4.69, 9.17) is 4.74 Å². The molecular weight excluding hydrogens is 710 g/mol. The van der Waals surface area contributed by atoms with Crippen LogP contribution in [-0.2, 0) is 9.53 Å². The predicted octanol–water partition coefficient (Wildman–Crippen LogP) is 4.82. The fraction of sp³-hybridized carbons (Fsp3) is 0.240. The zero-order chi connectivity index (χ0) is 25.4. The van der Waals surface area contributed by atoms with E-state index in [2.05, 4.69) is 50.2 Å². The molecule has 1 atom stereocenters. The van der Waals surface area contributed by atoms with Crippen LogP contribution in [0.25, 0.3) is 6.08 Å². The highest BCUT2D eigenvalue weighted by atomic mass is 127. The van der Waals surface area contributed by atoms with Crippen LogP contribution in [-0.4, -0.2) is 28.0 Å². The van der Waals surface area contributed by atoms with E-state index in [1.54, 1.807) is 43.2 Å². The average Bonchev–Trinajstić information content (AvgIpc) is 3.10. The van der Waals surface area contributed by atoms with Crippen LogP contribution in [0.1, 0.15) is 37.9 Å². The third kappa shape index (κ3) is 5.39. The van der Waals surface area contributed by atoms with Crippen molar-refractivity contribution in [3.05, 3.63) is 85.6 Å².